The van der Waals surface area contributed by atoms with E-state index < -0.39 is 8.15 Å². The molecular weight excluding hydrogens is 371 g/mol. The van der Waals surface area contributed by atoms with Gasteiger partial charge >= 0.3 is 0 Å². The molecule has 0 fully saturated rings. The smallest absolute Gasteiger partial charge is 0.142 e. The van der Waals surface area contributed by atoms with Crippen molar-refractivity contribution in [3.05, 3.63) is 47.2 Å². The summed E-state index contributed by atoms with van der Waals surface area (Å²) in [6, 6.07) is 9.74. The van der Waals surface area contributed by atoms with E-state index in [1.165, 1.54) is 0 Å². The molecule has 28 heavy (non-hydrogen) atoms. The zero-order valence-electron chi connectivity index (χ0n) is 17.3. The van der Waals surface area contributed by atoms with Crippen molar-refractivity contribution in [3.8, 4) is 17.6 Å². The Bertz CT molecular complexity index is 841. The minimum absolute atomic E-state index is 0.119. The summed E-state index contributed by atoms with van der Waals surface area (Å²) in [5, 5.41) is 9.53. The molecule has 0 aliphatic carbocycles. The van der Waals surface area contributed by atoms with E-state index in [1.807, 2.05) is 37.9 Å². The molecule has 0 aliphatic rings. The van der Waals surface area contributed by atoms with Crippen LogP contribution in [0.15, 0.2) is 30.3 Å². The fourth-order valence-corrected chi connectivity index (χ4v) is 3.98. The van der Waals surface area contributed by atoms with Crippen molar-refractivity contribution in [2.45, 2.75) is 27.4 Å². The topological polar surface area (TPSA) is 54.8 Å². The highest BCUT2D eigenvalue weighted by Crippen LogP contribution is 2.30. The Kier molecular flexibility index (Phi) is 8.73. The van der Waals surface area contributed by atoms with Crippen LogP contribution in [0.5, 0.6) is 5.75 Å². The Morgan fingerprint density at radius 3 is 2.39 bits per heavy atom. The highest BCUT2D eigenvalue weighted by atomic mass is 31.1. The number of methoxy groups -OCH3 is 1. The Hall–Kier alpha value is -2.12. The van der Waals surface area contributed by atoms with Crippen LogP contribution in [0, 0.1) is 11.8 Å². The molecular formula is C22H29N2O3P. The summed E-state index contributed by atoms with van der Waals surface area (Å²) in [5.74, 6) is 7.28. The second kappa shape index (κ2) is 11.0. The van der Waals surface area contributed by atoms with E-state index in [4.69, 9.17) is 9.26 Å². The van der Waals surface area contributed by atoms with Crippen LogP contribution in [-0.4, -0.2) is 43.6 Å². The van der Waals surface area contributed by atoms with Gasteiger partial charge in [-0.1, -0.05) is 11.8 Å². The lowest BCUT2D eigenvalue weighted by molar-refractivity contribution is 0.277. The molecule has 1 atom stereocenters. The Labute approximate surface area is 169 Å². The lowest BCUT2D eigenvalue weighted by Crippen LogP contribution is -2.22. The summed E-state index contributed by atoms with van der Waals surface area (Å²) in [6.45, 7) is 10.5. The highest BCUT2D eigenvalue weighted by molar-refractivity contribution is 7.59. The molecule has 0 bridgehead atoms. The van der Waals surface area contributed by atoms with E-state index in [0.717, 1.165) is 41.1 Å². The van der Waals surface area contributed by atoms with E-state index in [-0.39, 0.29) is 6.61 Å². The van der Waals surface area contributed by atoms with Gasteiger partial charge in [-0.3, -0.25) is 0 Å². The molecule has 2 aromatic rings. The van der Waals surface area contributed by atoms with Crippen molar-refractivity contribution in [2.75, 3.05) is 38.4 Å². The van der Waals surface area contributed by atoms with Gasteiger partial charge in [0.1, 0.15) is 5.75 Å². The van der Waals surface area contributed by atoms with Gasteiger partial charge in [0.05, 0.1) is 38.7 Å². The molecule has 1 unspecified atom stereocenters. The third kappa shape index (κ3) is 5.69. The van der Waals surface area contributed by atoms with Crippen LogP contribution in [0.4, 0.5) is 5.69 Å². The molecule has 2 rings (SSSR count). The average Bonchev–Trinajstić information content (AvgIpc) is 2.73. The van der Waals surface area contributed by atoms with Crippen LogP contribution in [0.3, 0.4) is 0 Å². The molecule has 150 valence electrons. The molecule has 5 nitrogen and oxygen atoms in total. The monoisotopic (exact) mass is 400 g/mol. The van der Waals surface area contributed by atoms with Gasteiger partial charge in [-0.05, 0) is 57.8 Å². The van der Waals surface area contributed by atoms with Crippen molar-refractivity contribution in [1.82, 2.24) is 4.98 Å². The maximum atomic E-state index is 9.53. The highest BCUT2D eigenvalue weighted by Gasteiger charge is 2.11. The van der Waals surface area contributed by atoms with Crippen molar-refractivity contribution < 1.29 is 14.4 Å². The van der Waals surface area contributed by atoms with Gasteiger partial charge in [-0.15, -0.1) is 0 Å². The first-order chi connectivity index (χ1) is 13.6. The van der Waals surface area contributed by atoms with Gasteiger partial charge in [0.15, 0.2) is 0 Å². The number of nitrogens with zero attached hydrogens (tertiary/aromatic N) is 2. The second-order valence-electron chi connectivity index (χ2n) is 6.09. The minimum atomic E-state index is -0.817. The van der Waals surface area contributed by atoms with E-state index in [9.17, 15) is 5.11 Å². The number of rotatable bonds is 8. The van der Waals surface area contributed by atoms with Crippen LogP contribution in [0.2, 0.25) is 0 Å². The van der Waals surface area contributed by atoms with Gasteiger partial charge in [0, 0.05) is 30.8 Å². The van der Waals surface area contributed by atoms with Gasteiger partial charge in [-0.25, -0.2) is 4.98 Å². The zero-order valence-corrected chi connectivity index (χ0v) is 18.2. The third-order valence-corrected chi connectivity index (χ3v) is 5.83. The maximum absolute atomic E-state index is 9.53. The van der Waals surface area contributed by atoms with Crippen LogP contribution in [0.1, 0.15) is 37.6 Å². The normalized spacial score (nSPS) is 11.5. The standard InChI is InChI=1S/C22H29N2O3P/c1-6-24(7-2)20-14-17(11-12-21(20)26-4)9-10-18-13-19(16-25)23-22(15-18)28(5)27-8-3/h11-15,25H,6-8,16H2,1-5H3. The number of hydrogen-bond acceptors (Lipinski definition) is 5. The molecule has 0 amide bonds. The summed E-state index contributed by atoms with van der Waals surface area (Å²) >= 11 is 0. The molecule has 1 aromatic heterocycles. The fourth-order valence-electron chi connectivity index (χ4n) is 2.87. The van der Waals surface area contributed by atoms with Crippen molar-refractivity contribution in [2.24, 2.45) is 0 Å². The number of aromatic nitrogens is 1. The molecule has 1 aromatic carbocycles. The number of anilines is 1. The lowest BCUT2D eigenvalue weighted by atomic mass is 10.1. The number of ether oxygens (including phenoxy) is 1. The van der Waals surface area contributed by atoms with Crippen LogP contribution in [0.25, 0.3) is 0 Å². The predicted octanol–water partition coefficient (Wildman–Crippen LogP) is 3.52. The second-order valence-corrected chi connectivity index (χ2v) is 7.80. The van der Waals surface area contributed by atoms with Gasteiger partial charge in [0.2, 0.25) is 0 Å². The van der Waals surface area contributed by atoms with Crippen molar-refractivity contribution in [3.63, 3.8) is 0 Å². The van der Waals surface area contributed by atoms with Crippen molar-refractivity contribution >= 4 is 19.3 Å². The molecule has 0 aliphatic heterocycles. The number of pyridine rings is 1. The summed E-state index contributed by atoms with van der Waals surface area (Å²) in [5.41, 5.74) is 4.22. The van der Waals surface area contributed by atoms with E-state index in [1.54, 1.807) is 7.11 Å². The summed E-state index contributed by atoms with van der Waals surface area (Å²) in [6.07, 6.45) is 0. The number of aliphatic hydroxyl groups excluding tert-OH is 1. The van der Waals surface area contributed by atoms with Crippen molar-refractivity contribution in [1.29, 1.82) is 0 Å². The number of benzene rings is 1. The van der Waals surface area contributed by atoms with E-state index in [0.29, 0.717) is 12.3 Å². The molecule has 0 spiro atoms. The Balaban J connectivity index is 2.39. The Morgan fingerprint density at radius 2 is 1.79 bits per heavy atom. The van der Waals surface area contributed by atoms with E-state index >= 15 is 0 Å². The molecule has 6 heteroatoms. The Morgan fingerprint density at radius 1 is 1.07 bits per heavy atom. The van der Waals surface area contributed by atoms with Crippen LogP contribution < -0.4 is 15.1 Å². The largest absolute Gasteiger partial charge is 0.495 e. The molecule has 0 saturated heterocycles. The average molecular weight is 400 g/mol. The van der Waals surface area contributed by atoms with E-state index in [2.05, 4.69) is 41.6 Å². The number of hydrogen-bond donors (Lipinski definition) is 1. The quantitative estimate of drug-likeness (QED) is 0.543. The zero-order chi connectivity index (χ0) is 20.5. The molecule has 0 saturated carbocycles. The summed E-state index contributed by atoms with van der Waals surface area (Å²) in [7, 11) is 0.867. The fraction of sp³-hybridized carbons (Fsp3) is 0.409. The predicted molar refractivity (Wildman–Crippen MR) is 117 cm³/mol. The van der Waals surface area contributed by atoms with Gasteiger partial charge in [0.25, 0.3) is 0 Å². The minimum Gasteiger partial charge on any atom is -0.495 e. The summed E-state index contributed by atoms with van der Waals surface area (Å²) < 4.78 is 11.2. The maximum Gasteiger partial charge on any atom is 0.142 e. The van der Waals surface area contributed by atoms with Crippen LogP contribution >= 0.6 is 8.15 Å². The molecule has 1 heterocycles. The first-order valence-electron chi connectivity index (χ1n) is 9.49. The molecule has 1 N–H and O–H groups in total. The van der Waals surface area contributed by atoms with Gasteiger partial charge in [-0.2, -0.15) is 0 Å². The first kappa shape index (κ1) is 22.2. The third-order valence-electron chi connectivity index (χ3n) is 4.31. The summed E-state index contributed by atoms with van der Waals surface area (Å²) in [4.78, 5) is 6.71. The molecule has 0 radical (unpaired) electrons. The number of aliphatic hydroxyl groups is 1. The first-order valence-corrected chi connectivity index (χ1v) is 11.2. The van der Waals surface area contributed by atoms with Crippen LogP contribution in [-0.2, 0) is 11.1 Å². The lowest BCUT2D eigenvalue weighted by Gasteiger charge is -2.23. The SMILES string of the molecule is CCOP(C)c1cc(C#Cc2ccc(OC)c(N(CC)CC)c2)cc(CO)n1. The van der Waals surface area contributed by atoms with Gasteiger partial charge < -0.3 is 19.3 Å².